The number of aryl methyl sites for hydroxylation is 1. The average Bonchev–Trinajstić information content (AvgIpc) is 2.41. The first-order valence-corrected chi connectivity index (χ1v) is 6.69. The largest absolute Gasteiger partial charge is 0.339 e. The van der Waals surface area contributed by atoms with Crippen molar-refractivity contribution in [2.75, 3.05) is 19.6 Å². The first kappa shape index (κ1) is 13.1. The fourth-order valence-electron chi connectivity index (χ4n) is 2.52. The molecule has 3 heteroatoms. The molecule has 1 aliphatic heterocycles. The second-order valence-electron chi connectivity index (χ2n) is 5.22. The summed E-state index contributed by atoms with van der Waals surface area (Å²) in [4.78, 5) is 14.4. The lowest BCUT2D eigenvalue weighted by molar-refractivity contribution is 0.0692. The van der Waals surface area contributed by atoms with Crippen molar-refractivity contribution >= 4 is 5.91 Å². The number of hydrogen-bond donors (Lipinski definition) is 1. The smallest absolute Gasteiger partial charge is 0.254 e. The monoisotopic (exact) mass is 246 g/mol. The molecule has 0 atom stereocenters. The zero-order valence-corrected chi connectivity index (χ0v) is 11.3. The summed E-state index contributed by atoms with van der Waals surface area (Å²) in [7, 11) is 0. The van der Waals surface area contributed by atoms with E-state index >= 15 is 0 Å². The predicted molar refractivity (Wildman–Crippen MR) is 73.6 cm³/mol. The Labute approximate surface area is 109 Å². The molecule has 1 fully saturated rings. The molecule has 1 heterocycles. The molecule has 3 nitrogen and oxygen atoms in total. The molecule has 0 radical (unpaired) electrons. The highest BCUT2D eigenvalue weighted by Crippen LogP contribution is 2.20. The number of benzene rings is 1. The number of rotatable bonds is 2. The molecule has 1 saturated heterocycles. The number of carbonyl (C=O) groups is 1. The molecule has 1 amide bonds. The summed E-state index contributed by atoms with van der Waals surface area (Å²) >= 11 is 0. The Morgan fingerprint density at radius 3 is 2.61 bits per heavy atom. The van der Waals surface area contributed by atoms with Crippen LogP contribution in [0.3, 0.4) is 0 Å². The maximum absolute atomic E-state index is 12.5. The highest BCUT2D eigenvalue weighted by atomic mass is 16.2. The average molecular weight is 246 g/mol. The minimum atomic E-state index is 0.173. The zero-order valence-electron chi connectivity index (χ0n) is 11.3. The van der Waals surface area contributed by atoms with Gasteiger partial charge in [0.2, 0.25) is 0 Å². The summed E-state index contributed by atoms with van der Waals surface area (Å²) in [6.07, 6.45) is 2.07. The lowest BCUT2D eigenvalue weighted by Crippen LogP contribution is -2.40. The van der Waals surface area contributed by atoms with E-state index in [1.54, 1.807) is 0 Å². The Morgan fingerprint density at radius 2 is 2.00 bits per heavy atom. The van der Waals surface area contributed by atoms with Crippen LogP contribution in [0, 0.1) is 19.8 Å². The molecule has 0 saturated carbocycles. The number of nitrogens with two attached hydrogens (primary N) is 1. The van der Waals surface area contributed by atoms with E-state index < -0.39 is 0 Å². The molecule has 1 aromatic rings. The van der Waals surface area contributed by atoms with Gasteiger partial charge in [0.05, 0.1) is 0 Å². The lowest BCUT2D eigenvalue weighted by Gasteiger charge is -2.31. The fraction of sp³-hybridized carbons (Fsp3) is 0.533. The van der Waals surface area contributed by atoms with Crippen LogP contribution in [-0.4, -0.2) is 30.4 Å². The van der Waals surface area contributed by atoms with Crippen LogP contribution in [0.15, 0.2) is 18.2 Å². The highest BCUT2D eigenvalue weighted by Gasteiger charge is 2.23. The Hall–Kier alpha value is -1.35. The normalized spacial score (nSPS) is 16.9. The Kier molecular flexibility index (Phi) is 4.02. The number of nitrogens with zero attached hydrogens (tertiary/aromatic N) is 1. The van der Waals surface area contributed by atoms with Gasteiger partial charge >= 0.3 is 0 Å². The van der Waals surface area contributed by atoms with E-state index in [0.29, 0.717) is 5.92 Å². The minimum absolute atomic E-state index is 0.173. The number of amides is 1. The lowest BCUT2D eigenvalue weighted by atomic mass is 9.95. The van der Waals surface area contributed by atoms with E-state index in [0.717, 1.165) is 43.6 Å². The van der Waals surface area contributed by atoms with Crippen molar-refractivity contribution < 1.29 is 4.79 Å². The van der Waals surface area contributed by atoms with E-state index in [4.69, 9.17) is 5.73 Å². The third-order valence-electron chi connectivity index (χ3n) is 4.07. The van der Waals surface area contributed by atoms with Crippen LogP contribution >= 0.6 is 0 Å². The molecule has 0 aromatic heterocycles. The van der Waals surface area contributed by atoms with Crippen LogP contribution in [0.25, 0.3) is 0 Å². The predicted octanol–water partition coefficient (Wildman–Crippen LogP) is 2.11. The van der Waals surface area contributed by atoms with Crippen molar-refractivity contribution in [1.82, 2.24) is 4.90 Å². The number of carbonyl (C=O) groups excluding carboxylic acids is 1. The molecule has 0 aliphatic carbocycles. The molecule has 98 valence electrons. The van der Waals surface area contributed by atoms with Gasteiger partial charge in [0.25, 0.3) is 5.91 Å². The Balaban J connectivity index is 2.10. The summed E-state index contributed by atoms with van der Waals surface area (Å²) in [5.41, 5.74) is 8.80. The van der Waals surface area contributed by atoms with Crippen LogP contribution in [0.5, 0.6) is 0 Å². The third kappa shape index (κ3) is 2.56. The van der Waals surface area contributed by atoms with E-state index in [9.17, 15) is 4.79 Å². The van der Waals surface area contributed by atoms with E-state index in [2.05, 4.69) is 0 Å². The quantitative estimate of drug-likeness (QED) is 0.868. The van der Waals surface area contributed by atoms with Gasteiger partial charge < -0.3 is 10.6 Å². The number of hydrogen-bond acceptors (Lipinski definition) is 2. The van der Waals surface area contributed by atoms with Crippen LogP contribution in [0.1, 0.15) is 34.3 Å². The second-order valence-corrected chi connectivity index (χ2v) is 5.22. The van der Waals surface area contributed by atoms with Crippen LogP contribution < -0.4 is 5.73 Å². The van der Waals surface area contributed by atoms with Gasteiger partial charge in [-0.1, -0.05) is 12.1 Å². The molecule has 18 heavy (non-hydrogen) atoms. The molecule has 2 N–H and O–H groups in total. The first-order chi connectivity index (χ1) is 8.63. The van der Waals surface area contributed by atoms with Gasteiger partial charge in [-0.05, 0) is 56.3 Å². The van der Waals surface area contributed by atoms with Gasteiger partial charge in [0.15, 0.2) is 0 Å². The highest BCUT2D eigenvalue weighted by molar-refractivity contribution is 5.96. The molecule has 1 aliphatic rings. The molecule has 0 bridgehead atoms. The summed E-state index contributed by atoms with van der Waals surface area (Å²) < 4.78 is 0. The van der Waals surface area contributed by atoms with Crippen LogP contribution in [0.4, 0.5) is 0 Å². The molecular weight excluding hydrogens is 224 g/mol. The van der Waals surface area contributed by atoms with Crippen molar-refractivity contribution in [2.45, 2.75) is 26.7 Å². The summed E-state index contributed by atoms with van der Waals surface area (Å²) in [5.74, 6) is 0.763. The fourth-order valence-corrected chi connectivity index (χ4v) is 2.52. The van der Waals surface area contributed by atoms with Crippen molar-refractivity contribution in [2.24, 2.45) is 11.7 Å². The third-order valence-corrected chi connectivity index (χ3v) is 4.07. The van der Waals surface area contributed by atoms with Crippen LogP contribution in [0.2, 0.25) is 0 Å². The minimum Gasteiger partial charge on any atom is -0.339 e. The van der Waals surface area contributed by atoms with Crippen molar-refractivity contribution in [1.29, 1.82) is 0 Å². The molecule has 0 spiro atoms. The number of likely N-dealkylation sites (tertiary alicyclic amines) is 1. The van der Waals surface area contributed by atoms with Gasteiger partial charge in [-0.3, -0.25) is 4.79 Å². The summed E-state index contributed by atoms with van der Waals surface area (Å²) in [6.45, 7) is 6.50. The molecule has 0 unspecified atom stereocenters. The summed E-state index contributed by atoms with van der Waals surface area (Å²) in [5, 5.41) is 0. The number of piperidine rings is 1. The maximum atomic E-state index is 12.5. The van der Waals surface area contributed by atoms with Gasteiger partial charge in [-0.15, -0.1) is 0 Å². The zero-order chi connectivity index (χ0) is 13.1. The van der Waals surface area contributed by atoms with Gasteiger partial charge in [-0.25, -0.2) is 0 Å². The van der Waals surface area contributed by atoms with E-state index in [1.165, 1.54) is 5.56 Å². The Morgan fingerprint density at radius 1 is 1.33 bits per heavy atom. The molecule has 2 rings (SSSR count). The first-order valence-electron chi connectivity index (χ1n) is 6.69. The second kappa shape index (κ2) is 5.53. The van der Waals surface area contributed by atoms with Crippen molar-refractivity contribution in [3.63, 3.8) is 0 Å². The van der Waals surface area contributed by atoms with Crippen molar-refractivity contribution in [3.8, 4) is 0 Å². The topological polar surface area (TPSA) is 46.3 Å². The summed E-state index contributed by atoms with van der Waals surface area (Å²) in [6, 6.07) is 5.94. The van der Waals surface area contributed by atoms with E-state index in [1.807, 2.05) is 36.9 Å². The SMILES string of the molecule is Cc1cccc(C(=O)N2CCC(CN)CC2)c1C. The molecule has 1 aromatic carbocycles. The van der Waals surface area contributed by atoms with Gasteiger partial charge in [-0.2, -0.15) is 0 Å². The van der Waals surface area contributed by atoms with Gasteiger partial charge in [0.1, 0.15) is 0 Å². The van der Waals surface area contributed by atoms with Crippen LogP contribution in [-0.2, 0) is 0 Å². The van der Waals surface area contributed by atoms with E-state index in [-0.39, 0.29) is 5.91 Å². The van der Waals surface area contributed by atoms with Crippen molar-refractivity contribution in [3.05, 3.63) is 34.9 Å². The maximum Gasteiger partial charge on any atom is 0.254 e. The van der Waals surface area contributed by atoms with Gasteiger partial charge in [0, 0.05) is 18.7 Å². The standard InChI is InChI=1S/C15H22N2O/c1-11-4-3-5-14(12(11)2)15(18)17-8-6-13(10-16)7-9-17/h3-5,13H,6-10,16H2,1-2H3. The molecular formula is C15H22N2O. The Bertz CT molecular complexity index is 434.